The van der Waals surface area contributed by atoms with Crippen LogP contribution in [0.3, 0.4) is 0 Å². The lowest BCUT2D eigenvalue weighted by molar-refractivity contribution is -0.124. The second-order valence-electron chi connectivity index (χ2n) is 3.85. The van der Waals surface area contributed by atoms with Crippen LogP contribution < -0.4 is 11.1 Å². The first kappa shape index (κ1) is 10.1. The fourth-order valence-corrected chi connectivity index (χ4v) is 1.27. The van der Waals surface area contributed by atoms with Gasteiger partial charge in [0.1, 0.15) is 6.04 Å². The van der Waals surface area contributed by atoms with Gasteiger partial charge in [-0.15, -0.1) is 5.10 Å². The Bertz CT molecular complexity index is 357. The molecule has 0 aliphatic heterocycles. The number of nitrogens with one attached hydrogen (secondary N) is 1. The molecule has 6 nitrogen and oxygen atoms in total. The average Bonchev–Trinajstić information content (AvgIpc) is 2.92. The summed E-state index contributed by atoms with van der Waals surface area (Å²) in [6.45, 7) is 2.14. The van der Waals surface area contributed by atoms with Gasteiger partial charge in [0.25, 0.3) is 0 Å². The van der Waals surface area contributed by atoms with Gasteiger partial charge in [0, 0.05) is 12.6 Å². The molecule has 1 saturated carbocycles. The molecule has 1 amide bonds. The van der Waals surface area contributed by atoms with Crippen molar-refractivity contribution in [3.05, 3.63) is 11.9 Å². The van der Waals surface area contributed by atoms with E-state index in [0.29, 0.717) is 18.3 Å². The van der Waals surface area contributed by atoms with Gasteiger partial charge in [0.15, 0.2) is 0 Å². The molecule has 0 saturated heterocycles. The molecule has 82 valence electrons. The van der Waals surface area contributed by atoms with Gasteiger partial charge in [0.05, 0.1) is 11.9 Å². The minimum atomic E-state index is -0.321. The summed E-state index contributed by atoms with van der Waals surface area (Å²) in [4.78, 5) is 11.7. The van der Waals surface area contributed by atoms with Crippen molar-refractivity contribution in [1.29, 1.82) is 0 Å². The molecule has 1 fully saturated rings. The summed E-state index contributed by atoms with van der Waals surface area (Å²) in [5.74, 6) is -0.00836. The van der Waals surface area contributed by atoms with Gasteiger partial charge < -0.3 is 11.1 Å². The van der Waals surface area contributed by atoms with Crippen molar-refractivity contribution < 1.29 is 4.79 Å². The van der Waals surface area contributed by atoms with Crippen molar-refractivity contribution in [3.63, 3.8) is 0 Å². The third kappa shape index (κ3) is 2.33. The smallest absolute Gasteiger partial charge is 0.244 e. The van der Waals surface area contributed by atoms with Crippen LogP contribution in [0.4, 0.5) is 0 Å². The number of amides is 1. The highest BCUT2D eigenvalue weighted by Gasteiger charge is 2.26. The predicted octanol–water partition coefficient (Wildman–Crippen LogP) is -0.424. The lowest BCUT2D eigenvalue weighted by Crippen LogP contribution is -2.32. The fourth-order valence-electron chi connectivity index (χ4n) is 1.27. The zero-order valence-electron chi connectivity index (χ0n) is 8.68. The molecule has 3 N–H and O–H groups in total. The van der Waals surface area contributed by atoms with E-state index in [9.17, 15) is 4.79 Å². The van der Waals surface area contributed by atoms with Gasteiger partial charge in [0.2, 0.25) is 5.91 Å². The number of carbonyl (C=O) groups excluding carboxylic acids is 1. The van der Waals surface area contributed by atoms with Crippen LogP contribution in [0.5, 0.6) is 0 Å². The normalized spacial score (nSPS) is 17.5. The van der Waals surface area contributed by atoms with Crippen LogP contribution >= 0.6 is 0 Å². The van der Waals surface area contributed by atoms with Crippen LogP contribution in [0.2, 0.25) is 0 Å². The van der Waals surface area contributed by atoms with Crippen LogP contribution in [0.25, 0.3) is 0 Å². The zero-order valence-corrected chi connectivity index (χ0v) is 8.68. The summed E-state index contributed by atoms with van der Waals surface area (Å²) in [5.41, 5.74) is 6.11. The molecule has 1 heterocycles. The van der Waals surface area contributed by atoms with Gasteiger partial charge in [-0.25, -0.2) is 4.68 Å². The van der Waals surface area contributed by atoms with Crippen molar-refractivity contribution in [2.75, 3.05) is 0 Å². The molecule has 0 radical (unpaired) electrons. The zero-order chi connectivity index (χ0) is 10.8. The fraction of sp³-hybridized carbons (Fsp3) is 0.667. The summed E-state index contributed by atoms with van der Waals surface area (Å²) in [6, 6.07) is 0.0517. The van der Waals surface area contributed by atoms with Crippen molar-refractivity contribution in [2.24, 2.45) is 5.73 Å². The molecular weight excluding hydrogens is 194 g/mol. The highest BCUT2D eigenvalue weighted by atomic mass is 16.2. The molecule has 1 atom stereocenters. The third-order valence-corrected chi connectivity index (χ3v) is 2.47. The van der Waals surface area contributed by atoms with Crippen LogP contribution in [0.1, 0.15) is 31.5 Å². The first-order valence-corrected chi connectivity index (χ1v) is 5.12. The van der Waals surface area contributed by atoms with Gasteiger partial charge in [-0.1, -0.05) is 5.21 Å². The van der Waals surface area contributed by atoms with E-state index in [1.807, 2.05) is 0 Å². The Balaban J connectivity index is 1.98. The first-order chi connectivity index (χ1) is 7.20. The second-order valence-corrected chi connectivity index (χ2v) is 3.85. The van der Waals surface area contributed by atoms with E-state index in [-0.39, 0.29) is 11.9 Å². The van der Waals surface area contributed by atoms with Gasteiger partial charge in [-0.3, -0.25) is 4.79 Å². The Kier molecular flexibility index (Phi) is 2.68. The molecule has 15 heavy (non-hydrogen) atoms. The quantitative estimate of drug-likeness (QED) is 0.705. The van der Waals surface area contributed by atoms with Crippen LogP contribution in [-0.4, -0.2) is 26.9 Å². The van der Waals surface area contributed by atoms with E-state index in [1.165, 1.54) is 0 Å². The first-order valence-electron chi connectivity index (χ1n) is 5.12. The summed E-state index contributed by atoms with van der Waals surface area (Å²) in [7, 11) is 0. The van der Waals surface area contributed by atoms with E-state index in [0.717, 1.165) is 12.8 Å². The topological polar surface area (TPSA) is 85.8 Å². The van der Waals surface area contributed by atoms with E-state index >= 15 is 0 Å². The third-order valence-electron chi connectivity index (χ3n) is 2.47. The lowest BCUT2D eigenvalue weighted by Gasteiger charge is -2.10. The van der Waals surface area contributed by atoms with Gasteiger partial charge in [-0.05, 0) is 19.8 Å². The molecule has 1 aromatic rings. The number of hydrogen-bond acceptors (Lipinski definition) is 4. The van der Waals surface area contributed by atoms with Crippen molar-refractivity contribution in [3.8, 4) is 0 Å². The molecule has 0 spiro atoms. The highest BCUT2D eigenvalue weighted by molar-refractivity contribution is 5.80. The molecule has 1 unspecified atom stereocenters. The van der Waals surface area contributed by atoms with Crippen LogP contribution in [0.15, 0.2) is 6.20 Å². The number of aromatic nitrogens is 3. The Morgan fingerprint density at radius 3 is 3.07 bits per heavy atom. The Hall–Kier alpha value is -1.43. The molecule has 6 heteroatoms. The number of nitrogens with two attached hydrogens (primary N) is 1. The van der Waals surface area contributed by atoms with Crippen molar-refractivity contribution in [2.45, 2.75) is 38.4 Å². The van der Waals surface area contributed by atoms with Crippen LogP contribution in [0, 0.1) is 0 Å². The number of rotatable bonds is 4. The second kappa shape index (κ2) is 3.98. The largest absolute Gasteiger partial charge is 0.352 e. The van der Waals surface area contributed by atoms with E-state index in [4.69, 9.17) is 5.73 Å². The maximum atomic E-state index is 11.7. The summed E-state index contributed by atoms with van der Waals surface area (Å²) in [6.07, 6.45) is 3.88. The summed E-state index contributed by atoms with van der Waals surface area (Å²) < 4.78 is 1.54. The van der Waals surface area contributed by atoms with Crippen molar-refractivity contribution >= 4 is 5.91 Å². The minimum absolute atomic E-state index is 0.00836. The standard InChI is InChI=1S/C9H15N5O/c1-6(9(15)11-7-2-3-7)14-5-8(4-10)12-13-14/h5-7H,2-4,10H2,1H3,(H,11,15). The van der Waals surface area contributed by atoms with Gasteiger partial charge >= 0.3 is 0 Å². The maximum absolute atomic E-state index is 11.7. The summed E-state index contributed by atoms with van der Waals surface area (Å²) in [5, 5.41) is 10.6. The summed E-state index contributed by atoms with van der Waals surface area (Å²) >= 11 is 0. The van der Waals surface area contributed by atoms with E-state index < -0.39 is 0 Å². The number of hydrogen-bond donors (Lipinski definition) is 2. The van der Waals surface area contributed by atoms with E-state index in [2.05, 4.69) is 15.6 Å². The van der Waals surface area contributed by atoms with Crippen LogP contribution in [-0.2, 0) is 11.3 Å². The number of nitrogens with zero attached hydrogens (tertiary/aromatic N) is 3. The molecule has 1 aliphatic rings. The molecule has 0 aromatic carbocycles. The Labute approximate surface area is 87.8 Å². The molecule has 0 bridgehead atoms. The van der Waals surface area contributed by atoms with Gasteiger partial charge in [-0.2, -0.15) is 0 Å². The van der Waals surface area contributed by atoms with E-state index in [1.54, 1.807) is 17.8 Å². The van der Waals surface area contributed by atoms with Crippen molar-refractivity contribution in [1.82, 2.24) is 20.3 Å². The maximum Gasteiger partial charge on any atom is 0.244 e. The predicted molar refractivity (Wildman–Crippen MR) is 53.8 cm³/mol. The number of carbonyl (C=O) groups is 1. The molecular formula is C9H15N5O. The SMILES string of the molecule is CC(C(=O)NC1CC1)n1cc(CN)nn1. The average molecular weight is 209 g/mol. The monoisotopic (exact) mass is 209 g/mol. The lowest BCUT2D eigenvalue weighted by atomic mass is 10.3. The molecule has 1 aliphatic carbocycles. The molecule has 1 aromatic heterocycles. The minimum Gasteiger partial charge on any atom is -0.352 e. The molecule has 2 rings (SSSR count). The highest BCUT2D eigenvalue weighted by Crippen LogP contribution is 2.19. The Morgan fingerprint density at radius 2 is 2.53 bits per heavy atom. The Morgan fingerprint density at radius 1 is 1.80 bits per heavy atom.